The number of aromatic nitrogens is 1. The fraction of sp³-hybridized carbons (Fsp3) is 0.0769. The largest absolute Gasteiger partial charge is 0.310 e. The van der Waals surface area contributed by atoms with Gasteiger partial charge in [0.05, 0.1) is 11.5 Å². The Labute approximate surface area is 122 Å². The van der Waals surface area contributed by atoms with Gasteiger partial charge in [-0.25, -0.2) is 0 Å². The highest BCUT2D eigenvalue weighted by atomic mass is 79.9. The molecule has 0 saturated carbocycles. The summed E-state index contributed by atoms with van der Waals surface area (Å²) in [7, 11) is 0. The minimum Gasteiger partial charge on any atom is -0.310 e. The second-order valence-electron chi connectivity index (χ2n) is 4.00. The van der Waals surface area contributed by atoms with Crippen molar-refractivity contribution in [3.05, 3.63) is 72.6 Å². The first kappa shape index (κ1) is 14.0. The molecule has 100 valence electrons. The third kappa shape index (κ3) is 2.75. The summed E-state index contributed by atoms with van der Waals surface area (Å²) in [5, 5.41) is 19.8. The fourth-order valence-electron chi connectivity index (χ4n) is 1.77. The van der Waals surface area contributed by atoms with Gasteiger partial charge < -0.3 is 4.57 Å². The molecule has 0 N–H and O–H groups in total. The van der Waals surface area contributed by atoms with Crippen LogP contribution in [0.15, 0.2) is 45.8 Å². The highest BCUT2D eigenvalue weighted by Gasteiger charge is 2.15. The van der Waals surface area contributed by atoms with Crippen molar-refractivity contribution in [3.8, 4) is 6.07 Å². The number of nitriles is 1. The molecule has 1 heterocycles. The third-order valence-corrected chi connectivity index (χ3v) is 3.22. The lowest BCUT2D eigenvalue weighted by Gasteiger charge is -2.07. The fourth-order valence-corrected chi connectivity index (χ4v) is 2.12. The molecule has 1 aromatic heterocycles. The zero-order valence-electron chi connectivity index (χ0n) is 10.1. The Balaban J connectivity index is 2.49. The van der Waals surface area contributed by atoms with Gasteiger partial charge in [-0.2, -0.15) is 5.26 Å². The highest BCUT2D eigenvalue weighted by molar-refractivity contribution is 9.10. The van der Waals surface area contributed by atoms with Gasteiger partial charge in [-0.05, 0) is 24.3 Å². The number of nitro groups is 1. The number of hydrogen-bond donors (Lipinski definition) is 0. The van der Waals surface area contributed by atoms with Crippen molar-refractivity contribution in [3.63, 3.8) is 0 Å². The number of pyridine rings is 1. The normalized spacial score (nSPS) is 10.0. The van der Waals surface area contributed by atoms with Crippen LogP contribution in [0.1, 0.15) is 11.1 Å². The van der Waals surface area contributed by atoms with E-state index in [1.807, 2.05) is 0 Å². The number of halogens is 1. The molecule has 0 aliphatic carbocycles. The van der Waals surface area contributed by atoms with Crippen LogP contribution >= 0.6 is 15.9 Å². The Morgan fingerprint density at radius 1 is 1.40 bits per heavy atom. The zero-order chi connectivity index (χ0) is 14.7. The first-order valence-corrected chi connectivity index (χ1v) is 6.34. The lowest BCUT2D eigenvalue weighted by atomic mass is 10.1. The Morgan fingerprint density at radius 3 is 2.80 bits per heavy atom. The maximum absolute atomic E-state index is 11.9. The van der Waals surface area contributed by atoms with Crippen LogP contribution in [0.4, 0.5) is 5.69 Å². The van der Waals surface area contributed by atoms with Crippen LogP contribution in [0.2, 0.25) is 0 Å². The van der Waals surface area contributed by atoms with Crippen LogP contribution in [0.5, 0.6) is 0 Å². The van der Waals surface area contributed by atoms with Gasteiger partial charge in [0.2, 0.25) is 0 Å². The molecule has 0 spiro atoms. The average Bonchev–Trinajstić information content (AvgIpc) is 2.42. The first-order chi connectivity index (χ1) is 9.52. The number of rotatable bonds is 3. The molecule has 0 radical (unpaired) electrons. The van der Waals surface area contributed by atoms with E-state index in [1.54, 1.807) is 24.3 Å². The van der Waals surface area contributed by atoms with Gasteiger partial charge in [0.15, 0.2) is 0 Å². The summed E-state index contributed by atoms with van der Waals surface area (Å²) in [6.45, 7) is 0.0396. The van der Waals surface area contributed by atoms with Crippen molar-refractivity contribution in [2.45, 2.75) is 6.54 Å². The van der Waals surface area contributed by atoms with Crippen molar-refractivity contribution in [2.24, 2.45) is 0 Å². The van der Waals surface area contributed by atoms with Gasteiger partial charge in [0, 0.05) is 22.3 Å². The van der Waals surface area contributed by atoms with E-state index in [9.17, 15) is 14.9 Å². The molecular weight excluding hydrogens is 326 g/mol. The van der Waals surface area contributed by atoms with Crippen molar-refractivity contribution < 1.29 is 4.92 Å². The zero-order valence-corrected chi connectivity index (χ0v) is 11.7. The quantitative estimate of drug-likeness (QED) is 0.637. The predicted octanol–water partition coefficient (Wildman–Crippen LogP) is 2.44. The predicted molar refractivity (Wildman–Crippen MR) is 75.3 cm³/mol. The van der Waals surface area contributed by atoms with Gasteiger partial charge in [-0.3, -0.25) is 14.9 Å². The second-order valence-corrected chi connectivity index (χ2v) is 4.91. The van der Waals surface area contributed by atoms with E-state index in [0.717, 1.165) is 0 Å². The Bertz CT molecular complexity index is 777. The van der Waals surface area contributed by atoms with Crippen molar-refractivity contribution in [1.29, 1.82) is 5.26 Å². The van der Waals surface area contributed by atoms with Gasteiger partial charge >= 0.3 is 0 Å². The summed E-state index contributed by atoms with van der Waals surface area (Å²) in [4.78, 5) is 22.4. The number of nitro benzene ring substituents is 1. The van der Waals surface area contributed by atoms with Crippen molar-refractivity contribution in [1.82, 2.24) is 4.57 Å². The maximum Gasteiger partial charge on any atom is 0.275 e. The lowest BCUT2D eigenvalue weighted by molar-refractivity contribution is -0.385. The molecule has 0 amide bonds. The van der Waals surface area contributed by atoms with E-state index >= 15 is 0 Å². The van der Waals surface area contributed by atoms with Crippen molar-refractivity contribution >= 4 is 21.6 Å². The van der Waals surface area contributed by atoms with Gasteiger partial charge in [-0.1, -0.05) is 15.9 Å². The minimum atomic E-state index is -0.501. The summed E-state index contributed by atoms with van der Waals surface area (Å²) in [6, 6.07) is 9.39. The first-order valence-electron chi connectivity index (χ1n) is 5.55. The molecule has 0 saturated heterocycles. The SMILES string of the molecule is N#Cc1cccn(Cc2ccc(Br)cc2[N+](=O)[O-])c1=O. The standard InChI is InChI=1S/C13H8BrN3O3/c14-11-4-3-10(12(6-11)17(19)20)8-16-5-1-2-9(7-15)13(16)18/h1-6H,8H2. The Hall–Kier alpha value is -2.46. The van der Waals surface area contributed by atoms with Crippen molar-refractivity contribution in [2.75, 3.05) is 0 Å². The molecule has 0 aliphatic heterocycles. The molecule has 0 aliphatic rings. The lowest BCUT2D eigenvalue weighted by Crippen LogP contribution is -2.22. The monoisotopic (exact) mass is 333 g/mol. The van der Waals surface area contributed by atoms with E-state index in [-0.39, 0.29) is 17.8 Å². The molecule has 7 heteroatoms. The minimum absolute atomic E-state index is 0.00673. The van der Waals surface area contributed by atoms with Crippen LogP contribution in [-0.4, -0.2) is 9.49 Å². The van der Waals surface area contributed by atoms with E-state index in [0.29, 0.717) is 10.0 Å². The van der Waals surface area contributed by atoms with E-state index in [2.05, 4.69) is 15.9 Å². The summed E-state index contributed by atoms with van der Waals surface area (Å²) >= 11 is 3.17. The van der Waals surface area contributed by atoms with Crippen LogP contribution < -0.4 is 5.56 Å². The molecule has 2 rings (SSSR count). The van der Waals surface area contributed by atoms with Crippen LogP contribution in [-0.2, 0) is 6.54 Å². The number of nitrogens with zero attached hydrogens (tertiary/aromatic N) is 3. The molecular formula is C13H8BrN3O3. The molecule has 20 heavy (non-hydrogen) atoms. The molecule has 0 unspecified atom stereocenters. The third-order valence-electron chi connectivity index (χ3n) is 2.73. The second kappa shape index (κ2) is 5.67. The summed E-state index contributed by atoms with van der Waals surface area (Å²) < 4.78 is 1.86. The van der Waals surface area contributed by atoms with Gasteiger partial charge in [0.25, 0.3) is 11.2 Å². The van der Waals surface area contributed by atoms with E-state index in [1.165, 1.54) is 22.9 Å². The van der Waals surface area contributed by atoms with Gasteiger partial charge in [-0.15, -0.1) is 0 Å². The van der Waals surface area contributed by atoms with Crippen LogP contribution in [0.3, 0.4) is 0 Å². The molecule has 1 aromatic carbocycles. The smallest absolute Gasteiger partial charge is 0.275 e. The molecule has 6 nitrogen and oxygen atoms in total. The summed E-state index contributed by atoms with van der Waals surface area (Å²) in [5.41, 5.74) is -0.136. The average molecular weight is 334 g/mol. The maximum atomic E-state index is 11.9. The molecule has 0 atom stereocenters. The van der Waals surface area contributed by atoms with Crippen LogP contribution in [0, 0.1) is 21.4 Å². The van der Waals surface area contributed by atoms with E-state index in [4.69, 9.17) is 5.26 Å². The topological polar surface area (TPSA) is 88.9 Å². The van der Waals surface area contributed by atoms with Crippen LogP contribution in [0.25, 0.3) is 0 Å². The number of benzene rings is 1. The van der Waals surface area contributed by atoms with E-state index < -0.39 is 10.5 Å². The Morgan fingerprint density at radius 2 is 2.15 bits per heavy atom. The summed E-state index contributed by atoms with van der Waals surface area (Å²) in [5.74, 6) is 0. The summed E-state index contributed by atoms with van der Waals surface area (Å²) in [6.07, 6.45) is 1.49. The van der Waals surface area contributed by atoms with Gasteiger partial charge in [0.1, 0.15) is 11.6 Å². The Kier molecular flexibility index (Phi) is 3.96. The number of hydrogen-bond acceptors (Lipinski definition) is 4. The molecule has 0 bridgehead atoms. The highest BCUT2D eigenvalue weighted by Crippen LogP contribution is 2.24. The molecule has 0 fully saturated rings. The molecule has 2 aromatic rings.